The van der Waals surface area contributed by atoms with Crippen LogP contribution in [0.25, 0.3) is 0 Å². The molecule has 1 aliphatic carbocycles. The van der Waals surface area contributed by atoms with Crippen molar-refractivity contribution in [3.05, 3.63) is 36.5 Å². The first kappa shape index (κ1) is 11.2. The number of carboxylic acid groups (broad SMARTS) is 1. The average Bonchev–Trinajstić information content (AvgIpc) is 2.15. The molecule has 4 nitrogen and oxygen atoms in total. The summed E-state index contributed by atoms with van der Waals surface area (Å²) in [6.45, 7) is 1.41. The van der Waals surface area contributed by atoms with E-state index >= 15 is 0 Å². The lowest BCUT2D eigenvalue weighted by molar-refractivity contribution is -0.131. The topological polar surface area (TPSA) is 66.4 Å². The van der Waals surface area contributed by atoms with E-state index in [9.17, 15) is 9.59 Å². The second-order valence-corrected chi connectivity index (χ2v) is 3.38. The van der Waals surface area contributed by atoms with Crippen LogP contribution in [-0.2, 0) is 9.59 Å². The SMILES string of the molecule is CC(=O)NC1(C=CC(=O)O)C=CC=CC1. The number of aliphatic carboxylic acids is 1. The van der Waals surface area contributed by atoms with Crippen molar-refractivity contribution in [2.45, 2.75) is 18.9 Å². The Bertz CT molecular complexity index is 355. The van der Waals surface area contributed by atoms with Crippen molar-refractivity contribution in [2.75, 3.05) is 0 Å². The van der Waals surface area contributed by atoms with Crippen LogP contribution in [0.15, 0.2) is 36.5 Å². The number of carboxylic acids is 1. The standard InChI is InChI=1S/C11H13NO3/c1-9(13)12-11(8-5-10(14)15)6-3-2-4-7-11/h2-6,8H,7H2,1H3,(H,12,13)(H,14,15). The maximum Gasteiger partial charge on any atom is 0.328 e. The van der Waals surface area contributed by atoms with Gasteiger partial charge in [-0.1, -0.05) is 24.3 Å². The van der Waals surface area contributed by atoms with Crippen LogP contribution in [-0.4, -0.2) is 22.5 Å². The van der Waals surface area contributed by atoms with Crippen LogP contribution in [0.3, 0.4) is 0 Å². The number of nitrogens with one attached hydrogen (secondary N) is 1. The molecule has 0 heterocycles. The summed E-state index contributed by atoms with van der Waals surface area (Å²) in [5, 5.41) is 11.3. The largest absolute Gasteiger partial charge is 0.478 e. The van der Waals surface area contributed by atoms with Crippen LogP contribution in [0, 0.1) is 0 Å². The Morgan fingerprint density at radius 1 is 1.47 bits per heavy atom. The van der Waals surface area contributed by atoms with Crippen molar-refractivity contribution in [1.29, 1.82) is 0 Å². The average molecular weight is 207 g/mol. The van der Waals surface area contributed by atoms with Crippen LogP contribution in [0.1, 0.15) is 13.3 Å². The Morgan fingerprint density at radius 2 is 2.20 bits per heavy atom. The fraction of sp³-hybridized carbons (Fsp3) is 0.273. The highest BCUT2D eigenvalue weighted by molar-refractivity contribution is 5.81. The second kappa shape index (κ2) is 4.59. The van der Waals surface area contributed by atoms with E-state index in [0.29, 0.717) is 6.42 Å². The Kier molecular flexibility index (Phi) is 3.44. The molecule has 0 saturated carbocycles. The van der Waals surface area contributed by atoms with Crippen LogP contribution >= 0.6 is 0 Å². The molecular formula is C11H13NO3. The zero-order valence-corrected chi connectivity index (χ0v) is 8.43. The van der Waals surface area contributed by atoms with Crippen LogP contribution in [0.5, 0.6) is 0 Å². The molecule has 0 aromatic carbocycles. The van der Waals surface area contributed by atoms with E-state index in [2.05, 4.69) is 5.32 Å². The Balaban J connectivity index is 2.86. The van der Waals surface area contributed by atoms with Gasteiger partial charge in [0.1, 0.15) is 0 Å². The Labute approximate surface area is 88.0 Å². The third kappa shape index (κ3) is 3.42. The van der Waals surface area contributed by atoms with E-state index in [0.717, 1.165) is 6.08 Å². The number of hydrogen-bond acceptors (Lipinski definition) is 2. The van der Waals surface area contributed by atoms with Gasteiger partial charge in [0.2, 0.25) is 5.91 Å². The van der Waals surface area contributed by atoms with E-state index in [-0.39, 0.29) is 5.91 Å². The fourth-order valence-corrected chi connectivity index (χ4v) is 1.44. The molecule has 0 radical (unpaired) electrons. The van der Waals surface area contributed by atoms with Gasteiger partial charge in [-0.25, -0.2) is 4.79 Å². The van der Waals surface area contributed by atoms with Crippen molar-refractivity contribution < 1.29 is 14.7 Å². The van der Waals surface area contributed by atoms with Gasteiger partial charge < -0.3 is 10.4 Å². The molecule has 0 aromatic heterocycles. The van der Waals surface area contributed by atoms with Crippen LogP contribution in [0.2, 0.25) is 0 Å². The van der Waals surface area contributed by atoms with Gasteiger partial charge in [-0.05, 0) is 12.5 Å². The van der Waals surface area contributed by atoms with Crippen LogP contribution < -0.4 is 5.32 Å². The molecule has 0 fully saturated rings. The quantitative estimate of drug-likeness (QED) is 0.679. The van der Waals surface area contributed by atoms with Gasteiger partial charge >= 0.3 is 5.97 Å². The van der Waals surface area contributed by atoms with Crippen molar-refractivity contribution in [2.24, 2.45) is 0 Å². The highest BCUT2D eigenvalue weighted by atomic mass is 16.4. The lowest BCUT2D eigenvalue weighted by Gasteiger charge is -2.28. The summed E-state index contributed by atoms with van der Waals surface area (Å²) in [6, 6.07) is 0. The summed E-state index contributed by atoms with van der Waals surface area (Å²) in [5.41, 5.74) is -0.695. The molecule has 15 heavy (non-hydrogen) atoms. The Hall–Kier alpha value is -1.84. The first-order valence-corrected chi connectivity index (χ1v) is 4.59. The minimum Gasteiger partial charge on any atom is -0.478 e. The van der Waals surface area contributed by atoms with E-state index in [4.69, 9.17) is 5.11 Å². The molecule has 4 heteroatoms. The van der Waals surface area contributed by atoms with Gasteiger partial charge in [0.05, 0.1) is 5.54 Å². The van der Waals surface area contributed by atoms with Gasteiger partial charge in [0, 0.05) is 13.0 Å². The highest BCUT2D eigenvalue weighted by Gasteiger charge is 2.24. The molecule has 0 aromatic rings. The zero-order valence-electron chi connectivity index (χ0n) is 8.43. The summed E-state index contributed by atoms with van der Waals surface area (Å²) in [6.07, 6.45) is 10.4. The molecule has 0 aliphatic heterocycles. The summed E-state index contributed by atoms with van der Waals surface area (Å²) in [7, 11) is 0. The molecule has 1 aliphatic rings. The number of hydrogen-bond donors (Lipinski definition) is 2. The number of allylic oxidation sites excluding steroid dienone is 2. The molecule has 1 rings (SSSR count). The fourth-order valence-electron chi connectivity index (χ4n) is 1.44. The second-order valence-electron chi connectivity index (χ2n) is 3.38. The summed E-state index contributed by atoms with van der Waals surface area (Å²) in [4.78, 5) is 21.4. The van der Waals surface area contributed by atoms with Crippen molar-refractivity contribution in [3.8, 4) is 0 Å². The third-order valence-electron chi connectivity index (χ3n) is 2.03. The smallest absolute Gasteiger partial charge is 0.328 e. The third-order valence-corrected chi connectivity index (χ3v) is 2.03. The van der Waals surface area contributed by atoms with E-state index in [1.165, 1.54) is 13.0 Å². The normalized spacial score (nSPS) is 24.3. The molecule has 80 valence electrons. The lowest BCUT2D eigenvalue weighted by atomic mass is 9.90. The molecular weight excluding hydrogens is 194 g/mol. The molecule has 0 spiro atoms. The van der Waals surface area contributed by atoms with Gasteiger partial charge in [-0.2, -0.15) is 0 Å². The van der Waals surface area contributed by atoms with Gasteiger partial charge in [-0.15, -0.1) is 0 Å². The molecule has 1 unspecified atom stereocenters. The zero-order chi connectivity index (χ0) is 11.3. The summed E-state index contributed by atoms with van der Waals surface area (Å²) in [5.74, 6) is -1.22. The van der Waals surface area contributed by atoms with Crippen molar-refractivity contribution >= 4 is 11.9 Å². The number of carbonyl (C=O) groups is 2. The molecule has 1 atom stereocenters. The summed E-state index contributed by atoms with van der Waals surface area (Å²) < 4.78 is 0. The molecule has 1 amide bonds. The maximum atomic E-state index is 11.0. The molecule has 0 saturated heterocycles. The number of rotatable bonds is 3. The predicted octanol–water partition coefficient (Wildman–Crippen LogP) is 1.02. The predicted molar refractivity (Wildman–Crippen MR) is 56.2 cm³/mol. The minimum atomic E-state index is -1.03. The van der Waals surface area contributed by atoms with Crippen molar-refractivity contribution in [3.63, 3.8) is 0 Å². The molecule has 2 N–H and O–H groups in total. The van der Waals surface area contributed by atoms with Gasteiger partial charge in [0.15, 0.2) is 0 Å². The van der Waals surface area contributed by atoms with Gasteiger partial charge in [-0.3, -0.25) is 4.79 Å². The lowest BCUT2D eigenvalue weighted by Crippen LogP contribution is -2.44. The van der Waals surface area contributed by atoms with Crippen molar-refractivity contribution in [1.82, 2.24) is 5.32 Å². The van der Waals surface area contributed by atoms with E-state index in [1.54, 1.807) is 12.2 Å². The van der Waals surface area contributed by atoms with Crippen LogP contribution in [0.4, 0.5) is 0 Å². The van der Waals surface area contributed by atoms with E-state index in [1.807, 2.05) is 12.2 Å². The summed E-state index contributed by atoms with van der Waals surface area (Å²) >= 11 is 0. The highest BCUT2D eigenvalue weighted by Crippen LogP contribution is 2.19. The Morgan fingerprint density at radius 3 is 2.67 bits per heavy atom. The monoisotopic (exact) mass is 207 g/mol. The first-order chi connectivity index (χ1) is 7.04. The maximum absolute atomic E-state index is 11.0. The first-order valence-electron chi connectivity index (χ1n) is 4.59. The minimum absolute atomic E-state index is 0.190. The molecule has 0 bridgehead atoms. The van der Waals surface area contributed by atoms with Gasteiger partial charge in [0.25, 0.3) is 0 Å². The number of amides is 1. The van der Waals surface area contributed by atoms with E-state index < -0.39 is 11.5 Å². The number of carbonyl (C=O) groups excluding carboxylic acids is 1.